The zero-order chi connectivity index (χ0) is 10.0. The third kappa shape index (κ3) is 1.84. The summed E-state index contributed by atoms with van der Waals surface area (Å²) in [6.07, 6.45) is 0. The van der Waals surface area contributed by atoms with Crippen LogP contribution in [-0.2, 0) is 0 Å². The van der Waals surface area contributed by atoms with Crippen molar-refractivity contribution >= 4 is 5.69 Å². The van der Waals surface area contributed by atoms with Crippen molar-refractivity contribution in [3.05, 3.63) is 39.4 Å². The number of hydrogen-bond acceptors (Lipinski definition) is 3. The maximum atomic E-state index is 10.6. The molecule has 0 spiro atoms. The Hall–Kier alpha value is -1.42. The monoisotopic (exact) mass is 180 g/mol. The molecule has 1 aromatic rings. The average Bonchev–Trinajstić information content (AvgIpc) is 2.02. The fourth-order valence-corrected chi connectivity index (χ4v) is 1.42. The van der Waals surface area contributed by atoms with Gasteiger partial charge < -0.3 is 5.73 Å². The van der Waals surface area contributed by atoms with Crippen LogP contribution < -0.4 is 5.73 Å². The number of hydrogen-bond donors (Lipinski definition) is 1. The smallest absolute Gasteiger partial charge is 0.274 e. The van der Waals surface area contributed by atoms with Crippen LogP contribution in [0, 0.1) is 17.0 Å². The second kappa shape index (κ2) is 3.53. The lowest BCUT2D eigenvalue weighted by Crippen LogP contribution is -2.09. The van der Waals surface area contributed by atoms with Gasteiger partial charge in [0.05, 0.1) is 4.92 Å². The van der Waals surface area contributed by atoms with Crippen molar-refractivity contribution in [2.45, 2.75) is 19.9 Å². The molecule has 4 nitrogen and oxygen atoms in total. The van der Waals surface area contributed by atoms with E-state index < -0.39 is 4.92 Å². The molecule has 0 aliphatic heterocycles. The number of nitrogens with two attached hydrogens (primary N) is 1. The number of nitro groups is 1. The minimum Gasteiger partial charge on any atom is -0.324 e. The molecule has 13 heavy (non-hydrogen) atoms. The van der Waals surface area contributed by atoms with Gasteiger partial charge in [-0.15, -0.1) is 0 Å². The Kier molecular flexibility index (Phi) is 2.63. The van der Waals surface area contributed by atoms with Crippen molar-refractivity contribution in [1.82, 2.24) is 0 Å². The van der Waals surface area contributed by atoms with E-state index in [2.05, 4.69) is 0 Å². The third-order valence-corrected chi connectivity index (χ3v) is 1.95. The largest absolute Gasteiger partial charge is 0.324 e. The Balaban J connectivity index is 3.34. The predicted octanol–water partition coefficient (Wildman–Crippen LogP) is 1.92. The molecule has 70 valence electrons. The minimum absolute atomic E-state index is 0.106. The van der Waals surface area contributed by atoms with Gasteiger partial charge in [0.2, 0.25) is 0 Å². The average molecular weight is 180 g/mol. The Morgan fingerprint density at radius 3 is 2.54 bits per heavy atom. The summed E-state index contributed by atoms with van der Waals surface area (Å²) < 4.78 is 0. The molecule has 0 saturated carbocycles. The van der Waals surface area contributed by atoms with Crippen molar-refractivity contribution in [1.29, 1.82) is 0 Å². The zero-order valence-electron chi connectivity index (χ0n) is 7.65. The summed E-state index contributed by atoms with van der Waals surface area (Å²) in [4.78, 5) is 10.2. The lowest BCUT2D eigenvalue weighted by Gasteiger charge is -2.09. The second-order valence-electron chi connectivity index (χ2n) is 3.05. The van der Waals surface area contributed by atoms with E-state index in [1.807, 2.05) is 13.0 Å². The van der Waals surface area contributed by atoms with Crippen LogP contribution in [0.2, 0.25) is 0 Å². The highest BCUT2D eigenvalue weighted by molar-refractivity contribution is 5.46. The van der Waals surface area contributed by atoms with E-state index >= 15 is 0 Å². The molecule has 0 aliphatic carbocycles. The van der Waals surface area contributed by atoms with Crippen LogP contribution in [0.4, 0.5) is 5.69 Å². The van der Waals surface area contributed by atoms with Crippen LogP contribution in [0.5, 0.6) is 0 Å². The summed E-state index contributed by atoms with van der Waals surface area (Å²) in [5.41, 5.74) is 7.24. The summed E-state index contributed by atoms with van der Waals surface area (Å²) in [7, 11) is 0. The highest BCUT2D eigenvalue weighted by Gasteiger charge is 2.17. The quantitative estimate of drug-likeness (QED) is 0.558. The van der Waals surface area contributed by atoms with Gasteiger partial charge in [-0.2, -0.15) is 0 Å². The lowest BCUT2D eigenvalue weighted by molar-refractivity contribution is -0.385. The van der Waals surface area contributed by atoms with E-state index in [-0.39, 0.29) is 11.7 Å². The van der Waals surface area contributed by atoms with Crippen molar-refractivity contribution in [2.24, 2.45) is 5.73 Å². The summed E-state index contributed by atoms with van der Waals surface area (Å²) in [6, 6.07) is 4.66. The topological polar surface area (TPSA) is 69.2 Å². The van der Waals surface area contributed by atoms with Gasteiger partial charge in [-0.3, -0.25) is 10.1 Å². The normalized spacial score (nSPS) is 12.5. The Bertz CT molecular complexity index is 334. The highest BCUT2D eigenvalue weighted by atomic mass is 16.6. The van der Waals surface area contributed by atoms with Crippen LogP contribution >= 0.6 is 0 Å². The molecule has 1 rings (SSSR count). The first-order chi connectivity index (χ1) is 6.04. The maximum Gasteiger partial charge on any atom is 0.274 e. The van der Waals surface area contributed by atoms with Gasteiger partial charge in [0.15, 0.2) is 0 Å². The molecule has 0 bridgehead atoms. The number of benzene rings is 1. The molecule has 4 heteroatoms. The number of nitro benzene ring substituents is 1. The molecule has 1 atom stereocenters. The summed E-state index contributed by atoms with van der Waals surface area (Å²) >= 11 is 0. The zero-order valence-corrected chi connectivity index (χ0v) is 7.65. The molecule has 1 aromatic carbocycles. The van der Waals surface area contributed by atoms with Gasteiger partial charge in [-0.25, -0.2) is 0 Å². The van der Waals surface area contributed by atoms with Gasteiger partial charge in [-0.1, -0.05) is 12.1 Å². The van der Waals surface area contributed by atoms with Gasteiger partial charge in [0, 0.05) is 17.7 Å². The molecular formula is C9H12N2O2. The van der Waals surface area contributed by atoms with Crippen LogP contribution in [0.1, 0.15) is 24.1 Å². The van der Waals surface area contributed by atoms with E-state index in [9.17, 15) is 10.1 Å². The van der Waals surface area contributed by atoms with Gasteiger partial charge in [-0.05, 0) is 19.4 Å². The first kappa shape index (κ1) is 9.67. The van der Waals surface area contributed by atoms with Crippen molar-refractivity contribution < 1.29 is 4.92 Å². The number of aryl methyl sites for hydroxylation is 1. The fourth-order valence-electron chi connectivity index (χ4n) is 1.42. The Morgan fingerprint density at radius 2 is 2.15 bits per heavy atom. The molecule has 0 unspecified atom stereocenters. The van der Waals surface area contributed by atoms with Gasteiger partial charge >= 0.3 is 0 Å². The van der Waals surface area contributed by atoms with E-state index in [1.54, 1.807) is 13.0 Å². The van der Waals surface area contributed by atoms with Crippen molar-refractivity contribution in [3.63, 3.8) is 0 Å². The number of nitrogens with zero attached hydrogens (tertiary/aromatic N) is 1. The van der Waals surface area contributed by atoms with Crippen LogP contribution in [-0.4, -0.2) is 4.92 Å². The molecule has 0 radical (unpaired) electrons. The molecule has 0 aliphatic rings. The maximum absolute atomic E-state index is 10.6. The van der Waals surface area contributed by atoms with Crippen LogP contribution in [0.15, 0.2) is 18.2 Å². The first-order valence-electron chi connectivity index (χ1n) is 4.03. The summed E-state index contributed by atoms with van der Waals surface area (Å²) in [6.45, 7) is 3.57. The van der Waals surface area contributed by atoms with E-state index in [1.165, 1.54) is 6.07 Å². The fraction of sp³-hybridized carbons (Fsp3) is 0.333. The summed E-state index contributed by atoms with van der Waals surface area (Å²) in [5.74, 6) is 0. The summed E-state index contributed by atoms with van der Waals surface area (Å²) in [5, 5.41) is 10.6. The molecule has 0 amide bonds. The van der Waals surface area contributed by atoms with E-state index in [4.69, 9.17) is 5.73 Å². The van der Waals surface area contributed by atoms with Crippen molar-refractivity contribution in [2.75, 3.05) is 0 Å². The number of rotatable bonds is 2. The van der Waals surface area contributed by atoms with Crippen LogP contribution in [0.25, 0.3) is 0 Å². The second-order valence-corrected chi connectivity index (χ2v) is 3.05. The molecule has 2 N–H and O–H groups in total. The molecule has 0 aromatic heterocycles. The highest BCUT2D eigenvalue weighted by Crippen LogP contribution is 2.26. The molecule has 0 heterocycles. The van der Waals surface area contributed by atoms with Crippen LogP contribution in [0.3, 0.4) is 0 Å². The Morgan fingerprint density at radius 1 is 1.54 bits per heavy atom. The van der Waals surface area contributed by atoms with E-state index in [0.29, 0.717) is 5.56 Å². The Labute approximate surface area is 76.5 Å². The SMILES string of the molecule is Cc1cccc([N+](=O)[O-])c1[C@@H](C)N. The molecule has 0 fully saturated rings. The van der Waals surface area contributed by atoms with Crippen molar-refractivity contribution in [3.8, 4) is 0 Å². The third-order valence-electron chi connectivity index (χ3n) is 1.95. The van der Waals surface area contributed by atoms with Gasteiger partial charge in [0.1, 0.15) is 0 Å². The van der Waals surface area contributed by atoms with E-state index in [0.717, 1.165) is 5.56 Å². The minimum atomic E-state index is -0.397. The lowest BCUT2D eigenvalue weighted by atomic mass is 10.0. The van der Waals surface area contributed by atoms with Gasteiger partial charge in [0.25, 0.3) is 5.69 Å². The molecule has 0 saturated heterocycles. The predicted molar refractivity (Wildman–Crippen MR) is 50.4 cm³/mol. The standard InChI is InChI=1S/C9H12N2O2/c1-6-4-3-5-8(11(12)13)9(6)7(2)10/h3-5,7H,10H2,1-2H3/t7-/m1/s1. The first-order valence-corrected chi connectivity index (χ1v) is 4.03. The molecular weight excluding hydrogens is 168 g/mol.